The van der Waals surface area contributed by atoms with Crippen LogP contribution in [0.3, 0.4) is 0 Å². The number of aromatic nitrogens is 2. The summed E-state index contributed by atoms with van der Waals surface area (Å²) in [6.45, 7) is 2.81. The van der Waals surface area contributed by atoms with Crippen LogP contribution in [-0.2, 0) is 6.54 Å². The van der Waals surface area contributed by atoms with E-state index < -0.39 is 0 Å². The summed E-state index contributed by atoms with van der Waals surface area (Å²) in [5.74, 6) is 0.568. The van der Waals surface area contributed by atoms with Crippen LogP contribution in [0.25, 0.3) is 66.3 Å². The van der Waals surface area contributed by atoms with Gasteiger partial charge in [0.15, 0.2) is 0 Å². The third-order valence-electron chi connectivity index (χ3n) is 10.2. The quantitative estimate of drug-likeness (QED) is 0.170. The number of hydrogen-bond donors (Lipinski definition) is 1. The van der Waals surface area contributed by atoms with Gasteiger partial charge in [0.1, 0.15) is 0 Å². The molecule has 0 aliphatic heterocycles. The monoisotopic (exact) mass is 658 g/mol. The van der Waals surface area contributed by atoms with Gasteiger partial charge in [-0.3, -0.25) is 4.99 Å². The summed E-state index contributed by atoms with van der Waals surface area (Å²) >= 11 is 0. The number of fused-ring (bicyclic) bond motifs is 6. The SMILES string of the molecule is CC1C=CC=C(c2ccc(C(N)=CC=NCc3cccc(-n4c5ccccc5c5cc6c7ccccc7n(-c7ccccc7)c6cc54)c3)cc2)C1. The average molecular weight is 659 g/mol. The second kappa shape index (κ2) is 12.8. The Hall–Kier alpha value is -6.39. The molecule has 6 aromatic carbocycles. The Morgan fingerprint density at radius 3 is 2.02 bits per heavy atom. The standard InChI is InChI=1S/C47H38N4/c1-32-11-9-13-36(27-32)34-21-23-35(24-22-34)43(48)25-26-49-31-33-12-10-16-38(28-33)51-45-20-8-6-18-40(45)42-29-41-39-17-5-7-19-44(39)50(46(41)30-47(42)51)37-14-3-2-4-15-37/h2-26,28-30,32H,27,31,48H2,1H3. The Bertz CT molecular complexity index is 2700. The largest absolute Gasteiger partial charge is 0.398 e. The van der Waals surface area contributed by atoms with Crippen LogP contribution in [0, 0.1) is 5.92 Å². The van der Waals surface area contributed by atoms with Crippen molar-refractivity contribution in [1.82, 2.24) is 9.13 Å². The number of hydrogen-bond acceptors (Lipinski definition) is 2. The number of rotatable bonds is 7. The second-order valence-corrected chi connectivity index (χ2v) is 13.5. The zero-order valence-corrected chi connectivity index (χ0v) is 28.6. The maximum absolute atomic E-state index is 6.47. The molecular formula is C47H38N4. The van der Waals surface area contributed by atoms with Crippen molar-refractivity contribution in [3.63, 3.8) is 0 Å². The lowest BCUT2D eigenvalue weighted by molar-refractivity contribution is 0.749. The fourth-order valence-electron chi connectivity index (χ4n) is 7.68. The van der Waals surface area contributed by atoms with Gasteiger partial charge in [-0.2, -0.15) is 0 Å². The Morgan fingerprint density at radius 1 is 0.667 bits per heavy atom. The minimum atomic E-state index is 0.556. The molecule has 2 aromatic heterocycles. The van der Waals surface area contributed by atoms with E-state index in [1.165, 1.54) is 54.7 Å². The molecule has 1 atom stereocenters. The van der Waals surface area contributed by atoms with Crippen molar-refractivity contribution in [3.05, 3.63) is 181 Å². The Kier molecular flexibility index (Phi) is 7.70. The van der Waals surface area contributed by atoms with Crippen molar-refractivity contribution in [3.8, 4) is 11.4 Å². The van der Waals surface area contributed by atoms with Crippen LogP contribution in [0.15, 0.2) is 169 Å². The summed E-state index contributed by atoms with van der Waals surface area (Å²) in [6.07, 6.45) is 11.4. The first-order chi connectivity index (χ1) is 25.1. The Balaban J connectivity index is 1.05. The summed E-state index contributed by atoms with van der Waals surface area (Å²) < 4.78 is 4.78. The topological polar surface area (TPSA) is 48.2 Å². The van der Waals surface area contributed by atoms with Crippen molar-refractivity contribution < 1.29 is 0 Å². The van der Waals surface area contributed by atoms with Crippen LogP contribution >= 0.6 is 0 Å². The van der Waals surface area contributed by atoms with Gasteiger partial charge < -0.3 is 14.9 Å². The highest BCUT2D eigenvalue weighted by molar-refractivity contribution is 6.19. The maximum Gasteiger partial charge on any atom is 0.0640 e. The molecule has 1 unspecified atom stereocenters. The van der Waals surface area contributed by atoms with E-state index in [-0.39, 0.29) is 0 Å². The lowest BCUT2D eigenvalue weighted by Gasteiger charge is -2.15. The van der Waals surface area contributed by atoms with E-state index in [0.29, 0.717) is 18.2 Å². The van der Waals surface area contributed by atoms with Gasteiger partial charge in [-0.1, -0.05) is 116 Å². The number of aliphatic imine (C=N–C) groups is 1. The predicted molar refractivity (Wildman–Crippen MR) is 217 cm³/mol. The molecule has 51 heavy (non-hydrogen) atoms. The van der Waals surface area contributed by atoms with Crippen molar-refractivity contribution in [2.75, 3.05) is 0 Å². The molecule has 2 heterocycles. The maximum atomic E-state index is 6.47. The molecule has 0 saturated heterocycles. The summed E-state index contributed by atoms with van der Waals surface area (Å²) in [4.78, 5) is 4.75. The summed E-state index contributed by atoms with van der Waals surface area (Å²) in [6, 6.07) is 50.1. The van der Waals surface area contributed by atoms with Crippen LogP contribution in [0.4, 0.5) is 0 Å². The van der Waals surface area contributed by atoms with E-state index in [2.05, 4.69) is 174 Å². The van der Waals surface area contributed by atoms with Crippen LogP contribution in [0.2, 0.25) is 0 Å². The summed E-state index contributed by atoms with van der Waals surface area (Å²) in [5.41, 5.74) is 19.0. The smallest absolute Gasteiger partial charge is 0.0640 e. The molecule has 2 N–H and O–H groups in total. The fraction of sp³-hybridized carbons (Fsp3) is 0.0851. The van der Waals surface area contributed by atoms with Crippen LogP contribution in [-0.4, -0.2) is 15.3 Å². The molecule has 4 heteroatoms. The van der Waals surface area contributed by atoms with Crippen molar-refractivity contribution in [2.24, 2.45) is 16.6 Å². The van der Waals surface area contributed by atoms with Gasteiger partial charge in [-0.25, -0.2) is 0 Å². The highest BCUT2D eigenvalue weighted by Crippen LogP contribution is 2.39. The molecule has 0 bridgehead atoms. The molecule has 0 radical (unpaired) electrons. The fourth-order valence-corrected chi connectivity index (χ4v) is 7.68. The molecule has 246 valence electrons. The van der Waals surface area contributed by atoms with Gasteiger partial charge in [0.2, 0.25) is 0 Å². The van der Waals surface area contributed by atoms with Crippen molar-refractivity contribution >= 4 is 61.1 Å². The lowest BCUT2D eigenvalue weighted by Crippen LogP contribution is -1.99. The molecule has 4 nitrogen and oxygen atoms in total. The predicted octanol–water partition coefficient (Wildman–Crippen LogP) is 11.4. The van der Waals surface area contributed by atoms with E-state index >= 15 is 0 Å². The molecule has 8 aromatic rings. The molecule has 0 amide bonds. The highest BCUT2D eigenvalue weighted by atomic mass is 15.0. The van der Waals surface area contributed by atoms with E-state index in [9.17, 15) is 0 Å². The third-order valence-corrected chi connectivity index (χ3v) is 10.2. The first kappa shape index (κ1) is 30.7. The number of benzene rings is 6. The van der Waals surface area contributed by atoms with Gasteiger partial charge in [0.25, 0.3) is 0 Å². The van der Waals surface area contributed by atoms with Crippen LogP contribution < -0.4 is 5.73 Å². The van der Waals surface area contributed by atoms with E-state index in [1.807, 2.05) is 12.3 Å². The first-order valence-corrected chi connectivity index (χ1v) is 17.7. The molecular weight excluding hydrogens is 621 g/mol. The van der Waals surface area contributed by atoms with Gasteiger partial charge in [0, 0.05) is 44.8 Å². The number of allylic oxidation sites excluding steroid dienone is 5. The van der Waals surface area contributed by atoms with E-state index in [4.69, 9.17) is 10.7 Å². The van der Waals surface area contributed by atoms with E-state index in [1.54, 1.807) is 0 Å². The Labute approximate surface area is 297 Å². The van der Waals surface area contributed by atoms with Crippen LogP contribution in [0.1, 0.15) is 30.0 Å². The molecule has 1 aliphatic carbocycles. The lowest BCUT2D eigenvalue weighted by atomic mass is 9.91. The Morgan fingerprint density at radius 2 is 1.31 bits per heavy atom. The first-order valence-electron chi connectivity index (χ1n) is 17.7. The molecule has 9 rings (SSSR count). The molecule has 0 spiro atoms. The van der Waals surface area contributed by atoms with Crippen molar-refractivity contribution in [2.45, 2.75) is 19.9 Å². The average Bonchev–Trinajstić information content (AvgIpc) is 3.68. The zero-order valence-electron chi connectivity index (χ0n) is 28.6. The highest BCUT2D eigenvalue weighted by Gasteiger charge is 2.18. The van der Waals surface area contributed by atoms with Gasteiger partial charge in [-0.05, 0) is 89.2 Å². The summed E-state index contributed by atoms with van der Waals surface area (Å²) in [5, 5.41) is 4.99. The van der Waals surface area contributed by atoms with Gasteiger partial charge in [0.05, 0.1) is 28.6 Å². The van der Waals surface area contributed by atoms with E-state index in [0.717, 1.165) is 28.9 Å². The summed E-state index contributed by atoms with van der Waals surface area (Å²) in [7, 11) is 0. The minimum Gasteiger partial charge on any atom is -0.398 e. The number of para-hydroxylation sites is 3. The minimum absolute atomic E-state index is 0.556. The zero-order chi connectivity index (χ0) is 34.3. The van der Waals surface area contributed by atoms with Crippen molar-refractivity contribution in [1.29, 1.82) is 0 Å². The number of nitrogens with zero attached hydrogens (tertiary/aromatic N) is 3. The van der Waals surface area contributed by atoms with Gasteiger partial charge in [-0.15, -0.1) is 0 Å². The third kappa shape index (κ3) is 5.55. The molecule has 0 saturated carbocycles. The molecule has 1 aliphatic rings. The normalized spacial score (nSPS) is 15.1. The number of nitrogens with two attached hydrogens (primary N) is 1. The molecule has 0 fully saturated rings. The van der Waals surface area contributed by atoms with Gasteiger partial charge >= 0.3 is 0 Å². The van der Waals surface area contributed by atoms with Crippen LogP contribution in [0.5, 0.6) is 0 Å². The second-order valence-electron chi connectivity index (χ2n) is 13.5.